The molecule has 2 rings (SSSR count). The Hall–Kier alpha value is -2.09. The van der Waals surface area contributed by atoms with Gasteiger partial charge in [-0.2, -0.15) is 0 Å². The van der Waals surface area contributed by atoms with Gasteiger partial charge >= 0.3 is 6.03 Å². The first-order chi connectivity index (χ1) is 11.7. The summed E-state index contributed by atoms with van der Waals surface area (Å²) in [5.74, 6) is 0.326. The van der Waals surface area contributed by atoms with Crippen LogP contribution < -0.4 is 16.0 Å². The largest absolute Gasteiger partial charge is 0.338 e. The molecule has 1 saturated heterocycles. The maximum absolute atomic E-state index is 11.9. The fourth-order valence-corrected chi connectivity index (χ4v) is 4.28. The molecular weight excluding hydrogens is 342 g/mol. The van der Waals surface area contributed by atoms with Crippen LogP contribution in [-0.2, 0) is 14.6 Å². The van der Waals surface area contributed by atoms with Crippen LogP contribution in [0.5, 0.6) is 0 Å². The second-order valence-corrected chi connectivity index (χ2v) is 8.80. The Kier molecular flexibility index (Phi) is 6.41. The summed E-state index contributed by atoms with van der Waals surface area (Å²) in [6, 6.07) is 6.86. The van der Waals surface area contributed by atoms with Gasteiger partial charge in [0.1, 0.15) is 0 Å². The Bertz CT molecular complexity index is 714. The van der Waals surface area contributed by atoms with Crippen LogP contribution in [0, 0.1) is 0 Å². The van der Waals surface area contributed by atoms with E-state index >= 15 is 0 Å². The van der Waals surface area contributed by atoms with Crippen molar-refractivity contribution in [2.24, 2.45) is 0 Å². The Morgan fingerprint density at radius 1 is 1.20 bits per heavy atom. The minimum Gasteiger partial charge on any atom is -0.338 e. The summed E-state index contributed by atoms with van der Waals surface area (Å²) in [5, 5.41) is 7.96. The molecule has 1 fully saturated rings. The average molecular weight is 367 g/mol. The van der Waals surface area contributed by atoms with Crippen molar-refractivity contribution in [1.82, 2.24) is 10.6 Å². The number of carbonyl (C=O) groups excluding carboxylic acids is 2. The average Bonchev–Trinajstić information content (AvgIpc) is 2.86. The second kappa shape index (κ2) is 8.33. The van der Waals surface area contributed by atoms with Gasteiger partial charge in [-0.25, -0.2) is 13.2 Å². The molecule has 3 N–H and O–H groups in total. The second-order valence-electron chi connectivity index (χ2n) is 6.58. The first kappa shape index (κ1) is 19.2. The molecule has 1 heterocycles. The highest BCUT2D eigenvalue weighted by molar-refractivity contribution is 7.91. The maximum atomic E-state index is 11.9. The summed E-state index contributed by atoms with van der Waals surface area (Å²) in [6.07, 6.45) is 0.574. The lowest BCUT2D eigenvalue weighted by atomic mass is 10.0. The van der Waals surface area contributed by atoms with E-state index in [0.717, 1.165) is 5.69 Å². The van der Waals surface area contributed by atoms with Crippen molar-refractivity contribution in [2.75, 3.05) is 23.4 Å². The van der Waals surface area contributed by atoms with Crippen molar-refractivity contribution in [2.45, 2.75) is 38.6 Å². The zero-order valence-electron chi connectivity index (χ0n) is 14.5. The van der Waals surface area contributed by atoms with Crippen LogP contribution in [0.15, 0.2) is 24.3 Å². The molecule has 0 bridgehead atoms. The van der Waals surface area contributed by atoms with Crippen LogP contribution >= 0.6 is 0 Å². The third-order valence-electron chi connectivity index (χ3n) is 4.07. The Morgan fingerprint density at radius 3 is 2.44 bits per heavy atom. The number of rotatable bonds is 6. The molecule has 0 radical (unpaired) electrons. The number of sulfone groups is 1. The molecule has 1 atom stereocenters. The first-order valence-corrected chi connectivity index (χ1v) is 10.2. The highest BCUT2D eigenvalue weighted by Crippen LogP contribution is 2.17. The molecule has 0 aromatic heterocycles. The molecule has 1 unspecified atom stereocenters. The van der Waals surface area contributed by atoms with Crippen molar-refractivity contribution in [3.05, 3.63) is 29.8 Å². The van der Waals surface area contributed by atoms with E-state index in [9.17, 15) is 18.0 Å². The summed E-state index contributed by atoms with van der Waals surface area (Å²) >= 11 is 0. The Labute approximate surface area is 148 Å². The summed E-state index contributed by atoms with van der Waals surface area (Å²) in [4.78, 5) is 23.6. The lowest BCUT2D eigenvalue weighted by Gasteiger charge is -2.12. The summed E-state index contributed by atoms with van der Waals surface area (Å²) in [6.45, 7) is 4.39. The van der Waals surface area contributed by atoms with Gasteiger partial charge in [-0.1, -0.05) is 26.0 Å². The summed E-state index contributed by atoms with van der Waals surface area (Å²) < 4.78 is 22.7. The Balaban J connectivity index is 1.67. The normalized spacial score (nSPS) is 18.8. The van der Waals surface area contributed by atoms with Crippen LogP contribution in [0.4, 0.5) is 10.5 Å². The van der Waals surface area contributed by atoms with Crippen LogP contribution in [0.2, 0.25) is 0 Å². The quantitative estimate of drug-likeness (QED) is 0.711. The lowest BCUT2D eigenvalue weighted by Crippen LogP contribution is -2.43. The van der Waals surface area contributed by atoms with Crippen molar-refractivity contribution in [3.63, 3.8) is 0 Å². The molecule has 1 aromatic carbocycles. The molecule has 0 aliphatic carbocycles. The van der Waals surface area contributed by atoms with Crippen molar-refractivity contribution in [1.29, 1.82) is 0 Å². The lowest BCUT2D eigenvalue weighted by molar-refractivity contribution is -0.116. The number of urea groups is 1. The van der Waals surface area contributed by atoms with E-state index in [2.05, 4.69) is 29.8 Å². The van der Waals surface area contributed by atoms with E-state index in [0.29, 0.717) is 12.3 Å². The predicted molar refractivity (Wildman–Crippen MR) is 97.4 cm³/mol. The third-order valence-corrected chi connectivity index (χ3v) is 5.83. The fraction of sp³-hybridized carbons (Fsp3) is 0.529. The van der Waals surface area contributed by atoms with E-state index < -0.39 is 15.9 Å². The summed E-state index contributed by atoms with van der Waals surface area (Å²) in [7, 11) is -3.02. The van der Waals surface area contributed by atoms with Crippen LogP contribution in [0.1, 0.15) is 38.2 Å². The molecule has 25 heavy (non-hydrogen) atoms. The minimum absolute atomic E-state index is 0.0206. The topological polar surface area (TPSA) is 104 Å². The van der Waals surface area contributed by atoms with E-state index in [1.165, 1.54) is 5.56 Å². The number of nitrogens with one attached hydrogen (secondary N) is 3. The van der Waals surface area contributed by atoms with E-state index in [1.807, 2.05) is 24.3 Å². The van der Waals surface area contributed by atoms with Gasteiger partial charge in [0.2, 0.25) is 5.91 Å². The zero-order valence-corrected chi connectivity index (χ0v) is 15.4. The van der Waals surface area contributed by atoms with Crippen molar-refractivity contribution >= 4 is 27.5 Å². The van der Waals surface area contributed by atoms with Crippen molar-refractivity contribution < 1.29 is 18.0 Å². The van der Waals surface area contributed by atoms with Gasteiger partial charge in [0.05, 0.1) is 11.5 Å². The zero-order chi connectivity index (χ0) is 18.4. The van der Waals surface area contributed by atoms with Gasteiger partial charge in [-0.3, -0.25) is 4.79 Å². The fourth-order valence-electron chi connectivity index (χ4n) is 2.61. The van der Waals surface area contributed by atoms with Gasteiger partial charge in [-0.15, -0.1) is 0 Å². The smallest absolute Gasteiger partial charge is 0.315 e. The number of anilines is 1. The van der Waals surface area contributed by atoms with Gasteiger partial charge in [-0.05, 0) is 30.0 Å². The predicted octanol–water partition coefficient (Wildman–Crippen LogP) is 1.62. The molecule has 1 aliphatic rings. The van der Waals surface area contributed by atoms with Gasteiger partial charge in [0.15, 0.2) is 9.84 Å². The molecule has 0 spiro atoms. The van der Waals surface area contributed by atoms with Crippen LogP contribution in [0.25, 0.3) is 0 Å². The number of hydrogen-bond acceptors (Lipinski definition) is 4. The van der Waals surface area contributed by atoms with Gasteiger partial charge in [0.25, 0.3) is 0 Å². The van der Waals surface area contributed by atoms with Gasteiger partial charge < -0.3 is 16.0 Å². The molecule has 0 saturated carbocycles. The van der Waals surface area contributed by atoms with E-state index in [-0.39, 0.29) is 36.4 Å². The number of amides is 3. The third kappa shape index (κ3) is 6.38. The number of hydrogen-bond donors (Lipinski definition) is 3. The Morgan fingerprint density at radius 2 is 1.88 bits per heavy atom. The van der Waals surface area contributed by atoms with Gasteiger partial charge in [0, 0.05) is 24.7 Å². The monoisotopic (exact) mass is 367 g/mol. The standard InChI is InChI=1S/C17H25N3O4S/c1-12(2)13-3-5-14(6-4-13)19-16(21)7-9-18-17(22)20-15-8-10-25(23,24)11-15/h3-6,12,15H,7-11H2,1-2H3,(H,19,21)(H2,18,20,22). The molecule has 3 amide bonds. The molecule has 8 heteroatoms. The minimum atomic E-state index is -3.02. The molecule has 138 valence electrons. The summed E-state index contributed by atoms with van der Waals surface area (Å²) in [5.41, 5.74) is 1.92. The SMILES string of the molecule is CC(C)c1ccc(NC(=O)CCNC(=O)NC2CCS(=O)(=O)C2)cc1. The maximum Gasteiger partial charge on any atom is 0.315 e. The number of benzene rings is 1. The first-order valence-electron chi connectivity index (χ1n) is 8.40. The van der Waals surface area contributed by atoms with E-state index in [4.69, 9.17) is 0 Å². The van der Waals surface area contributed by atoms with E-state index in [1.54, 1.807) is 0 Å². The number of carbonyl (C=O) groups is 2. The van der Waals surface area contributed by atoms with Crippen LogP contribution in [0.3, 0.4) is 0 Å². The molecular formula is C17H25N3O4S. The molecule has 7 nitrogen and oxygen atoms in total. The van der Waals surface area contributed by atoms with Crippen molar-refractivity contribution in [3.8, 4) is 0 Å². The highest BCUT2D eigenvalue weighted by atomic mass is 32.2. The van der Waals surface area contributed by atoms with Crippen LogP contribution in [-0.4, -0.2) is 44.4 Å². The molecule has 1 aliphatic heterocycles. The highest BCUT2D eigenvalue weighted by Gasteiger charge is 2.28. The molecule has 1 aromatic rings.